The number of aliphatic hydroxyl groups excluding tert-OH is 1. The third kappa shape index (κ3) is 3.70. The molecule has 0 bridgehead atoms. The Balaban J connectivity index is 2.84. The number of allylic oxidation sites excluding steroid dienone is 1. The molecule has 1 aromatic rings. The van der Waals surface area contributed by atoms with Gasteiger partial charge in [0.1, 0.15) is 12.4 Å². The Labute approximate surface area is 97.6 Å². The van der Waals surface area contributed by atoms with Crippen LogP contribution in [0.4, 0.5) is 0 Å². The molecule has 0 aliphatic carbocycles. The van der Waals surface area contributed by atoms with E-state index in [2.05, 4.69) is 0 Å². The van der Waals surface area contributed by atoms with Crippen molar-refractivity contribution in [3.8, 4) is 5.75 Å². The maximum Gasteiger partial charge on any atom is 0.125 e. The van der Waals surface area contributed by atoms with Crippen molar-refractivity contribution in [2.75, 3.05) is 6.61 Å². The summed E-state index contributed by atoms with van der Waals surface area (Å²) in [4.78, 5) is 0. The molecule has 2 heteroatoms. The van der Waals surface area contributed by atoms with E-state index in [4.69, 9.17) is 4.74 Å². The third-order valence-electron chi connectivity index (χ3n) is 2.35. The van der Waals surface area contributed by atoms with Crippen LogP contribution in [0.25, 0.3) is 0 Å². The van der Waals surface area contributed by atoms with E-state index in [1.54, 1.807) is 6.92 Å². The van der Waals surface area contributed by atoms with Gasteiger partial charge in [-0.2, -0.15) is 0 Å². The van der Waals surface area contributed by atoms with Crippen molar-refractivity contribution in [2.24, 2.45) is 0 Å². The van der Waals surface area contributed by atoms with Gasteiger partial charge in [-0.15, -0.1) is 0 Å². The molecule has 0 aliphatic heterocycles. The van der Waals surface area contributed by atoms with Crippen LogP contribution in [0.15, 0.2) is 29.8 Å². The van der Waals surface area contributed by atoms with Crippen molar-refractivity contribution < 1.29 is 9.84 Å². The fraction of sp³-hybridized carbons (Fsp3) is 0.429. The summed E-state index contributed by atoms with van der Waals surface area (Å²) in [7, 11) is 0. The molecule has 0 radical (unpaired) electrons. The quantitative estimate of drug-likeness (QED) is 0.788. The second-order valence-corrected chi connectivity index (χ2v) is 4.31. The SMILES string of the molecule is CC(C)=CCOc1cc(C)ccc1[C@@H](C)O. The molecule has 0 heterocycles. The van der Waals surface area contributed by atoms with Crippen LogP contribution in [-0.4, -0.2) is 11.7 Å². The molecule has 16 heavy (non-hydrogen) atoms. The third-order valence-corrected chi connectivity index (χ3v) is 2.35. The first-order chi connectivity index (χ1) is 7.50. The number of aryl methyl sites for hydroxylation is 1. The summed E-state index contributed by atoms with van der Waals surface area (Å²) in [5.41, 5.74) is 3.20. The molecular formula is C14H20O2. The Morgan fingerprint density at radius 2 is 2.12 bits per heavy atom. The normalized spacial score (nSPS) is 12.1. The van der Waals surface area contributed by atoms with Gasteiger partial charge in [-0.3, -0.25) is 0 Å². The second-order valence-electron chi connectivity index (χ2n) is 4.31. The van der Waals surface area contributed by atoms with Crippen molar-refractivity contribution in [2.45, 2.75) is 33.8 Å². The molecule has 0 fully saturated rings. The molecule has 0 aromatic heterocycles. The van der Waals surface area contributed by atoms with Crippen LogP contribution >= 0.6 is 0 Å². The van der Waals surface area contributed by atoms with E-state index in [1.165, 1.54) is 5.57 Å². The first kappa shape index (κ1) is 12.8. The van der Waals surface area contributed by atoms with Crippen LogP contribution in [0.2, 0.25) is 0 Å². The van der Waals surface area contributed by atoms with Crippen molar-refractivity contribution >= 4 is 0 Å². The second kappa shape index (κ2) is 5.71. The maximum atomic E-state index is 9.61. The molecule has 0 aliphatic rings. The van der Waals surface area contributed by atoms with Gasteiger partial charge in [0.25, 0.3) is 0 Å². The summed E-state index contributed by atoms with van der Waals surface area (Å²) in [6.45, 7) is 8.38. The fourth-order valence-corrected chi connectivity index (χ4v) is 1.41. The van der Waals surface area contributed by atoms with Crippen LogP contribution in [0, 0.1) is 6.92 Å². The van der Waals surface area contributed by atoms with E-state index in [0.717, 1.165) is 16.9 Å². The van der Waals surface area contributed by atoms with Gasteiger partial charge >= 0.3 is 0 Å². The molecule has 0 amide bonds. The van der Waals surface area contributed by atoms with E-state index in [1.807, 2.05) is 45.0 Å². The smallest absolute Gasteiger partial charge is 0.125 e. The minimum Gasteiger partial charge on any atom is -0.489 e. The lowest BCUT2D eigenvalue weighted by atomic mass is 10.1. The Morgan fingerprint density at radius 3 is 2.69 bits per heavy atom. The molecule has 2 nitrogen and oxygen atoms in total. The summed E-state index contributed by atoms with van der Waals surface area (Å²) < 4.78 is 5.65. The highest BCUT2D eigenvalue weighted by molar-refractivity contribution is 5.38. The number of rotatable bonds is 4. The summed E-state index contributed by atoms with van der Waals surface area (Å²) in [5, 5.41) is 9.61. The lowest BCUT2D eigenvalue weighted by molar-refractivity contribution is 0.193. The summed E-state index contributed by atoms with van der Waals surface area (Å²) in [5.74, 6) is 0.771. The summed E-state index contributed by atoms with van der Waals surface area (Å²) in [6, 6.07) is 5.86. The van der Waals surface area contributed by atoms with Crippen molar-refractivity contribution in [3.05, 3.63) is 41.0 Å². The number of benzene rings is 1. The van der Waals surface area contributed by atoms with Crippen LogP contribution in [-0.2, 0) is 0 Å². The first-order valence-corrected chi connectivity index (χ1v) is 5.55. The Kier molecular flexibility index (Phi) is 4.56. The van der Waals surface area contributed by atoms with Crippen LogP contribution in [0.5, 0.6) is 5.75 Å². The molecule has 1 aromatic carbocycles. The molecule has 0 saturated carbocycles. The minimum absolute atomic E-state index is 0.498. The van der Waals surface area contributed by atoms with E-state index in [9.17, 15) is 5.11 Å². The highest BCUT2D eigenvalue weighted by Crippen LogP contribution is 2.26. The predicted molar refractivity (Wildman–Crippen MR) is 66.7 cm³/mol. The van der Waals surface area contributed by atoms with Gasteiger partial charge in [0.15, 0.2) is 0 Å². The topological polar surface area (TPSA) is 29.5 Å². The van der Waals surface area contributed by atoms with Gasteiger partial charge in [-0.25, -0.2) is 0 Å². The van der Waals surface area contributed by atoms with Gasteiger partial charge in [0.05, 0.1) is 6.10 Å². The number of hydrogen-bond acceptors (Lipinski definition) is 2. The summed E-state index contributed by atoms with van der Waals surface area (Å²) >= 11 is 0. The van der Waals surface area contributed by atoms with Gasteiger partial charge in [-0.05, 0) is 45.4 Å². The van der Waals surface area contributed by atoms with Crippen LogP contribution in [0.1, 0.15) is 38.0 Å². The largest absolute Gasteiger partial charge is 0.489 e. The number of aliphatic hydroxyl groups is 1. The van der Waals surface area contributed by atoms with E-state index < -0.39 is 6.10 Å². The van der Waals surface area contributed by atoms with Crippen molar-refractivity contribution in [3.63, 3.8) is 0 Å². The van der Waals surface area contributed by atoms with Gasteiger partial charge in [0.2, 0.25) is 0 Å². The molecule has 1 atom stereocenters. The standard InChI is InChI=1S/C14H20O2/c1-10(2)7-8-16-14-9-11(3)5-6-13(14)12(4)15/h5-7,9,12,15H,8H2,1-4H3/t12-/m1/s1. The minimum atomic E-state index is -0.498. The van der Waals surface area contributed by atoms with Crippen LogP contribution < -0.4 is 4.74 Å². The monoisotopic (exact) mass is 220 g/mol. The summed E-state index contributed by atoms with van der Waals surface area (Å²) in [6.07, 6.45) is 1.52. The number of ether oxygens (including phenoxy) is 1. The lowest BCUT2D eigenvalue weighted by Gasteiger charge is -2.13. The molecule has 88 valence electrons. The average Bonchev–Trinajstić information content (AvgIpc) is 2.16. The molecule has 0 spiro atoms. The van der Waals surface area contributed by atoms with Gasteiger partial charge in [0, 0.05) is 5.56 Å². The van der Waals surface area contributed by atoms with Crippen molar-refractivity contribution in [1.29, 1.82) is 0 Å². The molecular weight excluding hydrogens is 200 g/mol. The Hall–Kier alpha value is -1.28. The van der Waals surface area contributed by atoms with E-state index in [0.29, 0.717) is 6.61 Å². The highest BCUT2D eigenvalue weighted by atomic mass is 16.5. The highest BCUT2D eigenvalue weighted by Gasteiger charge is 2.08. The number of hydrogen-bond donors (Lipinski definition) is 1. The maximum absolute atomic E-state index is 9.61. The Bertz CT molecular complexity index is 374. The van der Waals surface area contributed by atoms with Crippen molar-refractivity contribution in [1.82, 2.24) is 0 Å². The average molecular weight is 220 g/mol. The molecule has 0 saturated heterocycles. The van der Waals surface area contributed by atoms with E-state index >= 15 is 0 Å². The van der Waals surface area contributed by atoms with E-state index in [-0.39, 0.29) is 0 Å². The molecule has 0 unspecified atom stereocenters. The zero-order valence-electron chi connectivity index (χ0n) is 10.4. The van der Waals surface area contributed by atoms with Gasteiger partial charge < -0.3 is 9.84 Å². The zero-order chi connectivity index (χ0) is 12.1. The lowest BCUT2D eigenvalue weighted by Crippen LogP contribution is -2.01. The first-order valence-electron chi connectivity index (χ1n) is 5.55. The van der Waals surface area contributed by atoms with Gasteiger partial charge in [-0.1, -0.05) is 17.7 Å². The predicted octanol–water partition coefficient (Wildman–Crippen LogP) is 3.39. The molecule has 1 N–H and O–H groups in total. The molecule has 1 rings (SSSR count). The zero-order valence-corrected chi connectivity index (χ0v) is 10.4. The Morgan fingerprint density at radius 1 is 1.44 bits per heavy atom. The fourth-order valence-electron chi connectivity index (χ4n) is 1.41. The van der Waals surface area contributed by atoms with Crippen LogP contribution in [0.3, 0.4) is 0 Å².